The van der Waals surface area contributed by atoms with Crippen LogP contribution in [-0.4, -0.2) is 18.9 Å². The minimum absolute atomic E-state index is 0.118. The van der Waals surface area contributed by atoms with E-state index in [1.54, 1.807) is 31.3 Å². The Hall–Kier alpha value is -2.62. The summed E-state index contributed by atoms with van der Waals surface area (Å²) in [6, 6.07) is 16.5. The van der Waals surface area contributed by atoms with Crippen LogP contribution in [0.1, 0.15) is 29.8 Å². The van der Waals surface area contributed by atoms with E-state index in [0.717, 1.165) is 5.56 Å². The van der Waals surface area contributed by atoms with Crippen LogP contribution >= 0.6 is 0 Å². The molecule has 0 unspecified atom stereocenters. The Balaban J connectivity index is 2.20. The molecule has 0 fully saturated rings. The molecule has 4 nitrogen and oxygen atoms in total. The van der Waals surface area contributed by atoms with Gasteiger partial charge in [0.25, 0.3) is 5.91 Å². The zero-order chi connectivity index (χ0) is 16.2. The second kappa shape index (κ2) is 6.43. The van der Waals surface area contributed by atoms with Gasteiger partial charge in [-0.1, -0.05) is 36.4 Å². The summed E-state index contributed by atoms with van der Waals surface area (Å²) in [7, 11) is 1.58. The normalized spacial score (nSPS) is 10.9. The molecule has 0 aliphatic rings. The molecular weight excluding hydrogens is 276 g/mol. The molecule has 0 saturated carbocycles. The molecule has 0 bridgehead atoms. The van der Waals surface area contributed by atoms with E-state index >= 15 is 0 Å². The van der Waals surface area contributed by atoms with E-state index in [2.05, 4.69) is 10.6 Å². The van der Waals surface area contributed by atoms with Crippen LogP contribution in [0.4, 0.5) is 5.69 Å². The molecule has 2 aromatic carbocycles. The summed E-state index contributed by atoms with van der Waals surface area (Å²) in [6.07, 6.45) is 0. The molecule has 0 heterocycles. The van der Waals surface area contributed by atoms with Crippen molar-refractivity contribution < 1.29 is 9.59 Å². The minimum atomic E-state index is -0.662. The lowest BCUT2D eigenvalue weighted by atomic mass is 9.83. The van der Waals surface area contributed by atoms with Crippen LogP contribution in [-0.2, 0) is 10.2 Å². The highest BCUT2D eigenvalue weighted by Crippen LogP contribution is 2.25. The van der Waals surface area contributed by atoms with Gasteiger partial charge in [0, 0.05) is 18.3 Å². The van der Waals surface area contributed by atoms with Gasteiger partial charge in [0.2, 0.25) is 5.91 Å². The highest BCUT2D eigenvalue weighted by atomic mass is 16.2. The van der Waals surface area contributed by atoms with E-state index < -0.39 is 5.41 Å². The van der Waals surface area contributed by atoms with Crippen molar-refractivity contribution in [2.75, 3.05) is 12.4 Å². The number of nitrogens with one attached hydrogen (secondary N) is 2. The van der Waals surface area contributed by atoms with Gasteiger partial charge in [-0.3, -0.25) is 9.59 Å². The quantitative estimate of drug-likeness (QED) is 0.911. The summed E-state index contributed by atoms with van der Waals surface area (Å²) in [4.78, 5) is 24.2. The summed E-state index contributed by atoms with van der Waals surface area (Å²) in [5.74, 6) is -0.300. The summed E-state index contributed by atoms with van der Waals surface area (Å²) >= 11 is 0. The smallest absolute Gasteiger partial charge is 0.251 e. The van der Waals surface area contributed by atoms with E-state index in [1.807, 2.05) is 44.2 Å². The van der Waals surface area contributed by atoms with Crippen LogP contribution in [0.15, 0.2) is 54.6 Å². The van der Waals surface area contributed by atoms with Gasteiger partial charge < -0.3 is 10.6 Å². The first kappa shape index (κ1) is 15.8. The lowest BCUT2D eigenvalue weighted by Crippen LogP contribution is -2.34. The van der Waals surface area contributed by atoms with Crippen molar-refractivity contribution >= 4 is 17.5 Å². The van der Waals surface area contributed by atoms with Crippen molar-refractivity contribution in [2.24, 2.45) is 0 Å². The molecule has 2 rings (SSSR count). The zero-order valence-corrected chi connectivity index (χ0v) is 13.0. The van der Waals surface area contributed by atoms with Gasteiger partial charge in [-0.25, -0.2) is 0 Å². The maximum absolute atomic E-state index is 12.6. The number of amides is 2. The third-order valence-corrected chi connectivity index (χ3v) is 3.67. The molecule has 0 saturated heterocycles. The largest absolute Gasteiger partial charge is 0.355 e. The third-order valence-electron chi connectivity index (χ3n) is 3.67. The highest BCUT2D eigenvalue weighted by molar-refractivity contribution is 6.00. The van der Waals surface area contributed by atoms with Gasteiger partial charge in [0.1, 0.15) is 0 Å². The highest BCUT2D eigenvalue weighted by Gasteiger charge is 2.29. The van der Waals surface area contributed by atoms with Crippen LogP contribution < -0.4 is 10.6 Å². The molecule has 0 aliphatic carbocycles. The van der Waals surface area contributed by atoms with E-state index in [0.29, 0.717) is 11.3 Å². The second-order valence-electron chi connectivity index (χ2n) is 5.61. The number of benzene rings is 2. The van der Waals surface area contributed by atoms with Gasteiger partial charge in [0.05, 0.1) is 5.41 Å². The van der Waals surface area contributed by atoms with Crippen LogP contribution in [0.5, 0.6) is 0 Å². The van der Waals surface area contributed by atoms with Crippen LogP contribution in [0.2, 0.25) is 0 Å². The Kier molecular flexibility index (Phi) is 4.61. The summed E-state index contributed by atoms with van der Waals surface area (Å²) in [5, 5.41) is 5.45. The average molecular weight is 296 g/mol. The van der Waals surface area contributed by atoms with Gasteiger partial charge in [-0.2, -0.15) is 0 Å². The second-order valence-corrected chi connectivity index (χ2v) is 5.61. The topological polar surface area (TPSA) is 58.2 Å². The number of hydrogen-bond donors (Lipinski definition) is 2. The number of carbonyl (C=O) groups excluding carboxylic acids is 2. The van der Waals surface area contributed by atoms with Gasteiger partial charge in [-0.15, -0.1) is 0 Å². The van der Waals surface area contributed by atoms with Crippen molar-refractivity contribution in [3.05, 3.63) is 65.7 Å². The van der Waals surface area contributed by atoms with E-state index in [4.69, 9.17) is 0 Å². The van der Waals surface area contributed by atoms with Crippen molar-refractivity contribution in [2.45, 2.75) is 19.3 Å². The first-order valence-electron chi connectivity index (χ1n) is 7.14. The van der Waals surface area contributed by atoms with Crippen molar-refractivity contribution in [3.8, 4) is 0 Å². The Morgan fingerprint density at radius 2 is 1.64 bits per heavy atom. The van der Waals surface area contributed by atoms with Crippen LogP contribution in [0.3, 0.4) is 0 Å². The minimum Gasteiger partial charge on any atom is -0.355 e. The predicted molar refractivity (Wildman–Crippen MR) is 87.9 cm³/mol. The SMILES string of the molecule is CNC(=O)c1cccc(NC(=O)C(C)(C)c2ccccc2)c1. The van der Waals surface area contributed by atoms with Crippen molar-refractivity contribution in [1.29, 1.82) is 0 Å². The fourth-order valence-corrected chi connectivity index (χ4v) is 2.16. The number of rotatable bonds is 4. The molecule has 0 spiro atoms. The number of carbonyl (C=O) groups is 2. The fraction of sp³-hybridized carbons (Fsp3) is 0.222. The molecule has 0 aliphatic heterocycles. The zero-order valence-electron chi connectivity index (χ0n) is 13.0. The summed E-state index contributed by atoms with van der Waals surface area (Å²) in [5.41, 5.74) is 1.40. The monoisotopic (exact) mass is 296 g/mol. The lowest BCUT2D eigenvalue weighted by Gasteiger charge is -2.24. The maximum Gasteiger partial charge on any atom is 0.251 e. The molecule has 2 N–H and O–H groups in total. The van der Waals surface area contributed by atoms with Crippen molar-refractivity contribution in [3.63, 3.8) is 0 Å². The number of anilines is 1. The van der Waals surface area contributed by atoms with Gasteiger partial charge >= 0.3 is 0 Å². The molecule has 114 valence electrons. The molecule has 2 aromatic rings. The van der Waals surface area contributed by atoms with Gasteiger partial charge in [0.15, 0.2) is 0 Å². The Bertz CT molecular complexity index is 678. The predicted octanol–water partition coefficient (Wildman–Crippen LogP) is 2.96. The maximum atomic E-state index is 12.6. The van der Waals surface area contributed by atoms with E-state index in [1.165, 1.54) is 0 Å². The lowest BCUT2D eigenvalue weighted by molar-refractivity contribution is -0.120. The van der Waals surface area contributed by atoms with Gasteiger partial charge in [-0.05, 0) is 37.6 Å². The standard InChI is InChI=1S/C18H20N2O2/c1-18(2,14-9-5-4-6-10-14)17(22)20-15-11-7-8-13(12-15)16(21)19-3/h4-12H,1-3H3,(H,19,21)(H,20,22). The van der Waals surface area contributed by atoms with Crippen LogP contribution in [0, 0.1) is 0 Å². The molecule has 0 radical (unpaired) electrons. The molecule has 4 heteroatoms. The Morgan fingerprint density at radius 1 is 0.955 bits per heavy atom. The fourth-order valence-electron chi connectivity index (χ4n) is 2.16. The molecule has 2 amide bonds. The van der Waals surface area contributed by atoms with Crippen molar-refractivity contribution in [1.82, 2.24) is 5.32 Å². The van der Waals surface area contributed by atoms with E-state index in [9.17, 15) is 9.59 Å². The van der Waals surface area contributed by atoms with E-state index in [-0.39, 0.29) is 11.8 Å². The first-order chi connectivity index (χ1) is 10.4. The van der Waals surface area contributed by atoms with Crippen LogP contribution in [0.25, 0.3) is 0 Å². The Labute approximate surface area is 130 Å². The molecule has 0 aromatic heterocycles. The third kappa shape index (κ3) is 3.34. The average Bonchev–Trinajstić information content (AvgIpc) is 2.55. The summed E-state index contributed by atoms with van der Waals surface area (Å²) < 4.78 is 0. The first-order valence-corrected chi connectivity index (χ1v) is 7.14. The Morgan fingerprint density at radius 3 is 2.27 bits per heavy atom. The molecule has 22 heavy (non-hydrogen) atoms. The summed E-state index contributed by atoms with van der Waals surface area (Å²) in [6.45, 7) is 3.75. The molecular formula is C18H20N2O2. The number of hydrogen-bond acceptors (Lipinski definition) is 2. The molecule has 0 atom stereocenters.